The summed E-state index contributed by atoms with van der Waals surface area (Å²) >= 11 is 0. The molecule has 0 aliphatic rings. The molecule has 7 heteroatoms. The van der Waals surface area contributed by atoms with E-state index in [1.54, 1.807) is 69.2 Å². The van der Waals surface area contributed by atoms with Crippen molar-refractivity contribution in [1.29, 1.82) is 0 Å². The Morgan fingerprint density at radius 3 is 0.364 bits per heavy atom. The molecule has 0 bridgehead atoms. The normalized spacial score (nSPS) is 8.18. The first-order valence-corrected chi connectivity index (χ1v) is 6.95. The van der Waals surface area contributed by atoms with E-state index in [0.717, 1.165) is 0 Å². The first-order chi connectivity index (χ1) is 8.66. The largest absolute Gasteiger partial charge is 4.00 e. The zero-order valence-corrected chi connectivity index (χ0v) is 20.9. The Bertz CT molecular complexity index is 86.5. The van der Waals surface area contributed by atoms with E-state index in [4.69, 9.17) is 0 Å². The molecule has 5 nitrogen and oxygen atoms in total. The molecule has 0 radical (unpaired) electrons. The zero-order chi connectivity index (χ0) is 17.9. The smallest absolute Gasteiger partial charge is 0.852 e. The summed E-state index contributed by atoms with van der Waals surface area (Å²) < 4.78 is 0. The van der Waals surface area contributed by atoms with Crippen molar-refractivity contribution < 1.29 is 81.3 Å². The SMILES string of the molecule is CC(C)[O-].CC(C)[O-].CC(C)[O-].CC(C)[O-].CC(C)[O-].[Na+].[Zr+4]. The molecule has 0 aromatic carbocycles. The molecule has 0 atom stereocenters. The van der Waals surface area contributed by atoms with Crippen molar-refractivity contribution in [2.75, 3.05) is 0 Å². The predicted molar refractivity (Wildman–Crippen MR) is 75.7 cm³/mol. The zero-order valence-electron chi connectivity index (χ0n) is 16.4. The monoisotopic (exact) mass is 408 g/mol. The molecule has 0 unspecified atom stereocenters. The van der Waals surface area contributed by atoms with E-state index >= 15 is 0 Å². The molecule has 22 heavy (non-hydrogen) atoms. The summed E-state index contributed by atoms with van der Waals surface area (Å²) in [7, 11) is 0. The molecule has 0 aliphatic heterocycles. The van der Waals surface area contributed by atoms with Gasteiger partial charge in [0.25, 0.3) is 0 Å². The van der Waals surface area contributed by atoms with Crippen LogP contribution in [0.4, 0.5) is 0 Å². The van der Waals surface area contributed by atoms with Gasteiger partial charge in [0.2, 0.25) is 0 Å². The van der Waals surface area contributed by atoms with Crippen LogP contribution >= 0.6 is 0 Å². The fourth-order valence-electron chi connectivity index (χ4n) is 0. The van der Waals surface area contributed by atoms with Crippen LogP contribution in [-0.4, -0.2) is 30.5 Å². The summed E-state index contributed by atoms with van der Waals surface area (Å²) in [4.78, 5) is 0. The molecule has 0 saturated heterocycles. The van der Waals surface area contributed by atoms with Crippen LogP contribution in [0.25, 0.3) is 0 Å². The van der Waals surface area contributed by atoms with Gasteiger partial charge < -0.3 is 25.5 Å². The van der Waals surface area contributed by atoms with Crippen LogP contribution in [0.2, 0.25) is 0 Å². The van der Waals surface area contributed by atoms with Crippen molar-refractivity contribution in [3.63, 3.8) is 0 Å². The van der Waals surface area contributed by atoms with Crippen LogP contribution in [0.1, 0.15) is 69.2 Å². The van der Waals surface area contributed by atoms with Gasteiger partial charge in [-0.15, -0.1) is 30.5 Å². The maximum Gasteiger partial charge on any atom is 4.00 e. The van der Waals surface area contributed by atoms with Gasteiger partial charge in [0.05, 0.1) is 0 Å². The molecule has 0 amide bonds. The second kappa shape index (κ2) is 38.3. The van der Waals surface area contributed by atoms with Gasteiger partial charge >= 0.3 is 55.8 Å². The van der Waals surface area contributed by atoms with Crippen LogP contribution in [0.5, 0.6) is 0 Å². The number of rotatable bonds is 0. The van der Waals surface area contributed by atoms with Gasteiger partial charge in [-0.2, -0.15) is 0 Å². The van der Waals surface area contributed by atoms with Crippen LogP contribution in [-0.2, 0) is 26.2 Å². The second-order valence-electron chi connectivity index (χ2n) is 5.24. The van der Waals surface area contributed by atoms with Gasteiger partial charge in [-0.05, 0) is 0 Å². The third kappa shape index (κ3) is 3270. The van der Waals surface area contributed by atoms with E-state index in [-0.39, 0.29) is 55.8 Å². The molecule has 0 aromatic rings. The summed E-state index contributed by atoms with van der Waals surface area (Å²) in [5.74, 6) is 0. The average molecular weight is 410 g/mol. The topological polar surface area (TPSA) is 115 Å². The molecular weight excluding hydrogens is 374 g/mol. The molecule has 0 heterocycles. The Morgan fingerprint density at radius 1 is 0.364 bits per heavy atom. The molecule has 130 valence electrons. The van der Waals surface area contributed by atoms with Gasteiger partial charge in [0.15, 0.2) is 0 Å². The maximum atomic E-state index is 9.53. The number of hydrogen-bond donors (Lipinski definition) is 0. The Morgan fingerprint density at radius 2 is 0.364 bits per heavy atom. The minimum absolute atomic E-state index is 0. The molecule has 0 N–H and O–H groups in total. The molecule has 0 spiro atoms. The molecule has 0 fully saturated rings. The van der Waals surface area contributed by atoms with Crippen molar-refractivity contribution >= 4 is 0 Å². The van der Waals surface area contributed by atoms with Crippen molar-refractivity contribution in [2.45, 2.75) is 99.8 Å². The van der Waals surface area contributed by atoms with E-state index in [9.17, 15) is 25.5 Å². The van der Waals surface area contributed by atoms with Crippen LogP contribution in [0, 0.1) is 0 Å². The van der Waals surface area contributed by atoms with E-state index in [1.165, 1.54) is 0 Å². The van der Waals surface area contributed by atoms with Crippen molar-refractivity contribution in [3.05, 3.63) is 0 Å². The quantitative estimate of drug-likeness (QED) is 0.376. The Hall–Kier alpha value is 1.68. The molecule has 0 rings (SSSR count). The first kappa shape index (κ1) is 43.8. The van der Waals surface area contributed by atoms with Crippen LogP contribution in [0.15, 0.2) is 0 Å². The van der Waals surface area contributed by atoms with Gasteiger partial charge in [-0.25, -0.2) is 0 Å². The third-order valence-corrected chi connectivity index (χ3v) is 0. The summed E-state index contributed by atoms with van der Waals surface area (Å²) in [6, 6.07) is 0. The van der Waals surface area contributed by atoms with Crippen molar-refractivity contribution in [3.8, 4) is 0 Å². The van der Waals surface area contributed by atoms with E-state index in [2.05, 4.69) is 0 Å². The Labute approximate surface area is 180 Å². The molecular formula is C15H35NaO5Zr. The average Bonchev–Trinajstić information content (AvgIpc) is 1.94. The van der Waals surface area contributed by atoms with E-state index < -0.39 is 30.5 Å². The summed E-state index contributed by atoms with van der Waals surface area (Å²) in [6.45, 7) is 16.1. The van der Waals surface area contributed by atoms with Crippen molar-refractivity contribution in [1.82, 2.24) is 0 Å². The minimum atomic E-state index is -0.417. The predicted octanol–water partition coefficient (Wildman–Crippen LogP) is -4.22. The van der Waals surface area contributed by atoms with E-state index in [0.29, 0.717) is 0 Å². The maximum absolute atomic E-state index is 9.53. The van der Waals surface area contributed by atoms with Crippen LogP contribution < -0.4 is 55.1 Å². The first-order valence-electron chi connectivity index (χ1n) is 6.95. The fraction of sp³-hybridized carbons (Fsp3) is 1.00. The van der Waals surface area contributed by atoms with Crippen LogP contribution in [0.3, 0.4) is 0 Å². The van der Waals surface area contributed by atoms with Gasteiger partial charge in [-0.1, -0.05) is 69.2 Å². The Balaban J connectivity index is -0.0000000250. The van der Waals surface area contributed by atoms with Gasteiger partial charge in [0, 0.05) is 0 Å². The second-order valence-corrected chi connectivity index (χ2v) is 5.24. The van der Waals surface area contributed by atoms with Gasteiger partial charge in [0.1, 0.15) is 0 Å². The minimum Gasteiger partial charge on any atom is -0.852 e. The molecule has 0 saturated carbocycles. The number of hydrogen-bond acceptors (Lipinski definition) is 5. The molecule has 0 aliphatic carbocycles. The van der Waals surface area contributed by atoms with Crippen molar-refractivity contribution in [2.24, 2.45) is 0 Å². The van der Waals surface area contributed by atoms with E-state index in [1.807, 2.05) is 0 Å². The summed E-state index contributed by atoms with van der Waals surface area (Å²) in [5, 5.41) is 47.6. The van der Waals surface area contributed by atoms with Gasteiger partial charge in [-0.3, -0.25) is 0 Å². The third-order valence-electron chi connectivity index (χ3n) is 0. The standard InChI is InChI=1S/5C3H7O.Na.Zr/c5*1-3(2)4;;/h5*3H,1-2H3;;/q5*-1;+1;+4. The summed E-state index contributed by atoms with van der Waals surface area (Å²) in [6.07, 6.45) is -2.08. The Kier molecular flexibility index (Phi) is 76.3. The summed E-state index contributed by atoms with van der Waals surface area (Å²) in [5.41, 5.74) is 0. The fourth-order valence-corrected chi connectivity index (χ4v) is 0. The molecule has 0 aromatic heterocycles.